The van der Waals surface area contributed by atoms with Gasteiger partial charge in [-0.05, 0) is 61.7 Å². The maximum absolute atomic E-state index is 14.4. The van der Waals surface area contributed by atoms with Crippen molar-refractivity contribution < 1.29 is 13.6 Å². The van der Waals surface area contributed by atoms with Crippen LogP contribution in [-0.4, -0.2) is 54.4 Å². The van der Waals surface area contributed by atoms with E-state index in [0.717, 1.165) is 32.4 Å². The van der Waals surface area contributed by atoms with Crippen LogP contribution in [0.4, 0.5) is 8.78 Å². The highest BCUT2D eigenvalue weighted by molar-refractivity contribution is 5.78. The third-order valence-electron chi connectivity index (χ3n) is 6.62. The van der Waals surface area contributed by atoms with Gasteiger partial charge in [-0.15, -0.1) is 0 Å². The van der Waals surface area contributed by atoms with Gasteiger partial charge in [0.1, 0.15) is 0 Å². The fraction of sp³-hybridized carbons (Fsp3) is 0.696. The van der Waals surface area contributed by atoms with Crippen LogP contribution < -0.4 is 0 Å². The van der Waals surface area contributed by atoms with E-state index in [2.05, 4.69) is 36.1 Å². The van der Waals surface area contributed by atoms with Gasteiger partial charge in [0.15, 0.2) is 0 Å². The zero-order chi connectivity index (χ0) is 20.3. The van der Waals surface area contributed by atoms with Gasteiger partial charge in [0, 0.05) is 12.5 Å². The predicted octanol–water partition coefficient (Wildman–Crippen LogP) is 4.57. The molecule has 1 aromatic carbocycles. The summed E-state index contributed by atoms with van der Waals surface area (Å²) in [7, 11) is 0. The van der Waals surface area contributed by atoms with Gasteiger partial charge in [-0.25, -0.2) is 8.78 Å². The van der Waals surface area contributed by atoms with E-state index < -0.39 is 18.4 Å². The molecule has 2 saturated heterocycles. The van der Waals surface area contributed by atoms with E-state index >= 15 is 0 Å². The number of halogens is 2. The lowest BCUT2D eigenvalue weighted by atomic mass is 9.83. The molecule has 0 aromatic heterocycles. The number of piperidine rings is 2. The van der Waals surface area contributed by atoms with Crippen molar-refractivity contribution in [2.45, 2.75) is 58.3 Å². The molecule has 3 nitrogen and oxygen atoms in total. The summed E-state index contributed by atoms with van der Waals surface area (Å²) in [5, 5.41) is 0. The van der Waals surface area contributed by atoms with E-state index in [9.17, 15) is 13.6 Å². The Bertz CT molecular complexity index is 651. The second-order valence-corrected chi connectivity index (χ2v) is 8.86. The van der Waals surface area contributed by atoms with Crippen LogP contribution in [0.3, 0.4) is 0 Å². The van der Waals surface area contributed by atoms with Crippen molar-refractivity contribution in [1.82, 2.24) is 9.80 Å². The molecule has 2 aliphatic heterocycles. The average Bonchev–Trinajstić information content (AvgIpc) is 2.67. The number of alkyl halides is 2. The van der Waals surface area contributed by atoms with Gasteiger partial charge in [-0.3, -0.25) is 9.69 Å². The van der Waals surface area contributed by atoms with Crippen molar-refractivity contribution in [3.8, 4) is 0 Å². The number of carbonyl (C=O) groups excluding carboxylic acids is 1. The second kappa shape index (κ2) is 8.89. The Morgan fingerprint density at radius 2 is 1.75 bits per heavy atom. The van der Waals surface area contributed by atoms with Crippen molar-refractivity contribution >= 4 is 5.91 Å². The summed E-state index contributed by atoms with van der Waals surface area (Å²) in [5.74, 6) is -3.07. The number of benzene rings is 1. The van der Waals surface area contributed by atoms with Crippen LogP contribution in [0.25, 0.3) is 0 Å². The lowest BCUT2D eigenvalue weighted by Gasteiger charge is -2.41. The lowest BCUT2D eigenvalue weighted by Crippen LogP contribution is -2.54. The normalized spacial score (nSPS) is 23.9. The molecule has 2 aliphatic rings. The molecule has 28 heavy (non-hydrogen) atoms. The Hall–Kier alpha value is -1.49. The van der Waals surface area contributed by atoms with Gasteiger partial charge >= 0.3 is 0 Å². The van der Waals surface area contributed by atoms with Crippen molar-refractivity contribution in [2.75, 3.05) is 32.7 Å². The maximum atomic E-state index is 14.4. The molecule has 0 aliphatic carbocycles. The molecule has 1 aromatic rings. The summed E-state index contributed by atoms with van der Waals surface area (Å²) in [6.07, 6.45) is 3.48. The topological polar surface area (TPSA) is 23.6 Å². The minimum absolute atomic E-state index is 0.0577. The molecule has 1 atom stereocenters. The highest BCUT2D eigenvalue weighted by atomic mass is 19.3. The summed E-state index contributed by atoms with van der Waals surface area (Å²) in [5.41, 5.74) is 2.73. The summed E-state index contributed by atoms with van der Waals surface area (Å²) < 4.78 is 28.8. The average molecular weight is 393 g/mol. The number of carbonyl (C=O) groups is 1. The SMILES string of the molecule is CCc1ccc(C2CCN(CC(=O)N3CCC(C(C)C)C(F)(F)C3)CC2)cc1. The molecular weight excluding hydrogens is 358 g/mol. The Morgan fingerprint density at radius 3 is 2.29 bits per heavy atom. The van der Waals surface area contributed by atoms with Gasteiger partial charge in [0.05, 0.1) is 13.1 Å². The van der Waals surface area contributed by atoms with E-state index in [0.29, 0.717) is 18.9 Å². The fourth-order valence-electron chi connectivity index (χ4n) is 4.73. The number of rotatable bonds is 5. The van der Waals surface area contributed by atoms with Crippen LogP contribution >= 0.6 is 0 Å². The van der Waals surface area contributed by atoms with Crippen LogP contribution in [0.5, 0.6) is 0 Å². The number of hydrogen-bond acceptors (Lipinski definition) is 2. The molecule has 1 unspecified atom stereocenters. The number of likely N-dealkylation sites (tertiary alicyclic amines) is 2. The third-order valence-corrected chi connectivity index (χ3v) is 6.62. The van der Waals surface area contributed by atoms with E-state index in [1.165, 1.54) is 16.0 Å². The Labute approximate surface area is 168 Å². The van der Waals surface area contributed by atoms with E-state index in [-0.39, 0.29) is 18.4 Å². The van der Waals surface area contributed by atoms with Crippen LogP contribution in [-0.2, 0) is 11.2 Å². The zero-order valence-electron chi connectivity index (χ0n) is 17.5. The molecule has 0 radical (unpaired) electrons. The molecule has 0 N–H and O–H groups in total. The molecule has 2 fully saturated rings. The first-order valence-electron chi connectivity index (χ1n) is 10.8. The molecule has 3 rings (SSSR count). The smallest absolute Gasteiger partial charge is 0.268 e. The van der Waals surface area contributed by atoms with Gasteiger partial charge in [0.2, 0.25) is 5.91 Å². The zero-order valence-corrected chi connectivity index (χ0v) is 17.5. The molecule has 0 spiro atoms. The first-order chi connectivity index (χ1) is 13.3. The van der Waals surface area contributed by atoms with Crippen LogP contribution in [0.15, 0.2) is 24.3 Å². The van der Waals surface area contributed by atoms with Gasteiger partial charge < -0.3 is 4.90 Å². The van der Waals surface area contributed by atoms with Crippen LogP contribution in [0, 0.1) is 11.8 Å². The van der Waals surface area contributed by atoms with Crippen molar-refractivity contribution in [1.29, 1.82) is 0 Å². The highest BCUT2D eigenvalue weighted by Crippen LogP contribution is 2.37. The van der Waals surface area contributed by atoms with Crippen LogP contribution in [0.2, 0.25) is 0 Å². The minimum Gasteiger partial charge on any atom is -0.336 e. The Balaban J connectivity index is 1.48. The summed E-state index contributed by atoms with van der Waals surface area (Å²) in [4.78, 5) is 16.1. The Kier molecular flexibility index (Phi) is 6.74. The summed E-state index contributed by atoms with van der Waals surface area (Å²) >= 11 is 0. The fourth-order valence-corrected chi connectivity index (χ4v) is 4.73. The molecule has 2 heterocycles. The highest BCUT2D eigenvalue weighted by Gasteiger charge is 2.46. The number of amides is 1. The van der Waals surface area contributed by atoms with Crippen LogP contribution in [0.1, 0.15) is 57.1 Å². The number of nitrogens with zero attached hydrogens (tertiary/aromatic N) is 2. The quantitative estimate of drug-likeness (QED) is 0.733. The largest absolute Gasteiger partial charge is 0.336 e. The summed E-state index contributed by atoms with van der Waals surface area (Å²) in [6.45, 7) is 7.85. The second-order valence-electron chi connectivity index (χ2n) is 8.86. The molecule has 156 valence electrons. The predicted molar refractivity (Wildman–Crippen MR) is 109 cm³/mol. The number of hydrogen-bond donors (Lipinski definition) is 0. The van der Waals surface area contributed by atoms with Crippen molar-refractivity contribution in [3.05, 3.63) is 35.4 Å². The molecular formula is C23H34F2N2O. The number of aryl methyl sites for hydroxylation is 1. The molecule has 1 amide bonds. The molecule has 0 saturated carbocycles. The van der Waals surface area contributed by atoms with Gasteiger partial charge in [0.25, 0.3) is 5.92 Å². The first-order valence-corrected chi connectivity index (χ1v) is 10.8. The van der Waals surface area contributed by atoms with E-state index in [4.69, 9.17) is 0 Å². The molecule has 5 heteroatoms. The van der Waals surface area contributed by atoms with E-state index in [1.54, 1.807) is 0 Å². The van der Waals surface area contributed by atoms with Gasteiger partial charge in [-0.2, -0.15) is 0 Å². The maximum Gasteiger partial charge on any atom is 0.268 e. The monoisotopic (exact) mass is 392 g/mol. The minimum atomic E-state index is -2.78. The first kappa shape index (κ1) is 21.2. The Morgan fingerprint density at radius 1 is 1.11 bits per heavy atom. The standard InChI is InChI=1S/C23H34F2N2O/c1-4-18-5-7-19(8-6-18)20-9-12-26(13-10-20)15-22(28)27-14-11-21(17(2)3)23(24,25)16-27/h5-8,17,20-21H,4,9-16H2,1-3H3. The van der Waals surface area contributed by atoms with Gasteiger partial charge in [-0.1, -0.05) is 45.0 Å². The summed E-state index contributed by atoms with van der Waals surface area (Å²) in [6, 6.07) is 8.86. The van der Waals surface area contributed by atoms with Crippen molar-refractivity contribution in [3.63, 3.8) is 0 Å². The third kappa shape index (κ3) is 4.91. The lowest BCUT2D eigenvalue weighted by molar-refractivity contribution is -0.155. The molecule has 0 bridgehead atoms. The van der Waals surface area contributed by atoms with Crippen molar-refractivity contribution in [2.24, 2.45) is 11.8 Å². The van der Waals surface area contributed by atoms with E-state index in [1.807, 2.05) is 13.8 Å².